The number of fused-ring (bicyclic) bond motifs is 1. The first-order valence-electron chi connectivity index (χ1n) is 11.9. The van der Waals surface area contributed by atoms with E-state index in [1.807, 2.05) is 26.8 Å². The van der Waals surface area contributed by atoms with Crippen molar-refractivity contribution in [2.45, 2.75) is 33.1 Å². The molecule has 0 saturated heterocycles. The third-order valence-corrected chi connectivity index (χ3v) is 6.46. The Hall–Kier alpha value is -4.17. The van der Waals surface area contributed by atoms with E-state index in [9.17, 15) is 13.6 Å². The van der Waals surface area contributed by atoms with Gasteiger partial charge in [0.2, 0.25) is 0 Å². The highest BCUT2D eigenvalue weighted by Crippen LogP contribution is 2.36. The van der Waals surface area contributed by atoms with Crippen LogP contribution in [0.2, 0.25) is 5.15 Å². The molecular formula is C29H24ClF2N5O. The zero-order valence-electron chi connectivity index (χ0n) is 21.2. The van der Waals surface area contributed by atoms with Crippen LogP contribution in [0.4, 0.5) is 14.6 Å². The molecule has 0 atom stereocenters. The average molecular weight is 532 g/mol. The van der Waals surface area contributed by atoms with Crippen LogP contribution in [-0.2, 0) is 5.41 Å². The molecule has 0 bridgehead atoms. The highest BCUT2D eigenvalue weighted by atomic mass is 35.5. The second-order valence-electron chi connectivity index (χ2n) is 10.0. The van der Waals surface area contributed by atoms with E-state index in [2.05, 4.69) is 15.4 Å². The van der Waals surface area contributed by atoms with Gasteiger partial charge in [0.15, 0.2) is 10.8 Å². The van der Waals surface area contributed by atoms with E-state index in [1.54, 1.807) is 41.9 Å². The summed E-state index contributed by atoms with van der Waals surface area (Å²) < 4.78 is 29.0. The molecular weight excluding hydrogens is 508 g/mol. The van der Waals surface area contributed by atoms with Crippen LogP contribution in [-0.4, -0.2) is 25.5 Å². The number of hydrogen-bond acceptors (Lipinski definition) is 4. The monoisotopic (exact) mass is 531 g/mol. The number of anilines is 1. The first-order chi connectivity index (χ1) is 18.0. The molecule has 0 aliphatic rings. The van der Waals surface area contributed by atoms with Gasteiger partial charge in [-0.3, -0.25) is 4.79 Å². The van der Waals surface area contributed by atoms with E-state index in [4.69, 9.17) is 16.6 Å². The molecule has 1 N–H and O–H groups in total. The molecule has 0 fully saturated rings. The van der Waals surface area contributed by atoms with E-state index in [1.165, 1.54) is 30.3 Å². The Morgan fingerprint density at radius 1 is 0.974 bits per heavy atom. The highest BCUT2D eigenvalue weighted by molar-refractivity contribution is 6.30. The van der Waals surface area contributed by atoms with Crippen molar-refractivity contribution in [3.63, 3.8) is 0 Å². The maximum absolute atomic E-state index is 14.1. The maximum Gasteiger partial charge on any atom is 0.256 e. The summed E-state index contributed by atoms with van der Waals surface area (Å²) in [6.45, 7) is 7.81. The van der Waals surface area contributed by atoms with Gasteiger partial charge in [0, 0.05) is 28.5 Å². The van der Waals surface area contributed by atoms with Crippen LogP contribution in [0, 0.1) is 18.6 Å². The van der Waals surface area contributed by atoms with E-state index in [0.717, 1.165) is 5.56 Å². The van der Waals surface area contributed by atoms with Crippen molar-refractivity contribution in [1.29, 1.82) is 0 Å². The van der Waals surface area contributed by atoms with Crippen molar-refractivity contribution in [2.24, 2.45) is 0 Å². The summed E-state index contributed by atoms with van der Waals surface area (Å²) in [4.78, 5) is 21.9. The minimum atomic E-state index is -0.432. The van der Waals surface area contributed by atoms with E-state index < -0.39 is 11.7 Å². The van der Waals surface area contributed by atoms with Crippen LogP contribution in [0.1, 0.15) is 42.3 Å². The number of amides is 1. The summed E-state index contributed by atoms with van der Waals surface area (Å²) in [6, 6.07) is 15.4. The standard InChI is InChI=1S/C29H24ClF2N5O/c1-16-13-18(7-10-22(16)32)25-26(37-24(35-25)15-21(27(30)36-37)29(2,3)4)19-11-12-33-23(14-19)34-28(38)17-5-8-20(31)9-6-17/h5-15H,1-4H3,(H,33,34,38). The largest absolute Gasteiger partial charge is 0.307 e. The quantitative estimate of drug-likeness (QED) is 0.265. The van der Waals surface area contributed by atoms with Crippen molar-refractivity contribution < 1.29 is 13.6 Å². The Morgan fingerprint density at radius 2 is 1.71 bits per heavy atom. The first-order valence-corrected chi connectivity index (χ1v) is 12.3. The molecule has 6 nitrogen and oxygen atoms in total. The molecule has 0 aliphatic heterocycles. The molecule has 192 valence electrons. The third kappa shape index (κ3) is 4.87. The molecule has 3 heterocycles. The smallest absolute Gasteiger partial charge is 0.256 e. The third-order valence-electron chi connectivity index (χ3n) is 6.18. The molecule has 2 aromatic carbocycles. The van der Waals surface area contributed by atoms with Crippen molar-refractivity contribution in [2.75, 3.05) is 5.32 Å². The number of carbonyl (C=O) groups is 1. The fourth-order valence-electron chi connectivity index (χ4n) is 4.17. The molecule has 1 amide bonds. The van der Waals surface area contributed by atoms with Gasteiger partial charge in [0.25, 0.3) is 5.91 Å². The van der Waals surface area contributed by atoms with Crippen LogP contribution in [0.25, 0.3) is 28.2 Å². The van der Waals surface area contributed by atoms with Gasteiger partial charge in [-0.05, 0) is 78.6 Å². The second-order valence-corrected chi connectivity index (χ2v) is 10.4. The SMILES string of the molecule is Cc1cc(-c2nc3cc(C(C)(C)C)c(Cl)nn3c2-c2ccnc(NC(=O)c3ccc(F)cc3)c2)ccc1F. The summed E-state index contributed by atoms with van der Waals surface area (Å²) in [5, 5.41) is 7.74. The van der Waals surface area contributed by atoms with Crippen LogP contribution >= 0.6 is 11.6 Å². The zero-order chi connectivity index (χ0) is 27.2. The predicted octanol–water partition coefficient (Wildman–Crippen LogP) is 7.25. The number of hydrogen-bond donors (Lipinski definition) is 1. The van der Waals surface area contributed by atoms with Gasteiger partial charge >= 0.3 is 0 Å². The number of benzene rings is 2. The number of rotatable bonds is 4. The normalized spacial score (nSPS) is 11.7. The van der Waals surface area contributed by atoms with Crippen LogP contribution < -0.4 is 5.32 Å². The lowest BCUT2D eigenvalue weighted by molar-refractivity contribution is 0.102. The molecule has 0 radical (unpaired) electrons. The van der Waals surface area contributed by atoms with Gasteiger partial charge in [-0.15, -0.1) is 0 Å². The van der Waals surface area contributed by atoms with Crippen LogP contribution in [0.3, 0.4) is 0 Å². The molecule has 5 aromatic rings. The Labute approximate surface area is 223 Å². The number of aryl methyl sites for hydroxylation is 1. The molecule has 0 spiro atoms. The van der Waals surface area contributed by atoms with Crippen LogP contribution in [0.15, 0.2) is 66.9 Å². The van der Waals surface area contributed by atoms with Crippen molar-refractivity contribution in [3.8, 4) is 22.5 Å². The predicted molar refractivity (Wildman–Crippen MR) is 144 cm³/mol. The summed E-state index contributed by atoms with van der Waals surface area (Å²) in [5.41, 5.74) is 4.45. The van der Waals surface area contributed by atoms with Crippen molar-refractivity contribution in [1.82, 2.24) is 19.6 Å². The fraction of sp³-hybridized carbons (Fsp3) is 0.172. The van der Waals surface area contributed by atoms with Gasteiger partial charge in [-0.1, -0.05) is 32.4 Å². The fourth-order valence-corrected chi connectivity index (χ4v) is 4.58. The Morgan fingerprint density at radius 3 is 2.39 bits per heavy atom. The van der Waals surface area contributed by atoms with Gasteiger partial charge in [0.05, 0.1) is 5.69 Å². The molecule has 0 aliphatic carbocycles. The summed E-state index contributed by atoms with van der Waals surface area (Å²) in [7, 11) is 0. The van der Waals surface area contributed by atoms with E-state index in [-0.39, 0.29) is 17.1 Å². The van der Waals surface area contributed by atoms with E-state index >= 15 is 0 Å². The maximum atomic E-state index is 14.1. The molecule has 5 rings (SSSR count). The van der Waals surface area contributed by atoms with Gasteiger partial charge in [-0.2, -0.15) is 5.10 Å². The van der Waals surface area contributed by atoms with Gasteiger partial charge in [0.1, 0.15) is 23.1 Å². The summed E-state index contributed by atoms with van der Waals surface area (Å²) in [5.74, 6) is -0.896. The highest BCUT2D eigenvalue weighted by Gasteiger charge is 2.24. The number of nitrogens with one attached hydrogen (secondary N) is 1. The average Bonchev–Trinajstić information content (AvgIpc) is 3.23. The molecule has 3 aromatic heterocycles. The first kappa shape index (κ1) is 25.5. The topological polar surface area (TPSA) is 72.2 Å². The number of halogens is 3. The Balaban J connectivity index is 1.66. The van der Waals surface area contributed by atoms with Gasteiger partial charge < -0.3 is 5.32 Å². The minimum Gasteiger partial charge on any atom is -0.307 e. The van der Waals surface area contributed by atoms with Crippen molar-refractivity contribution >= 4 is 29.0 Å². The lowest BCUT2D eigenvalue weighted by Crippen LogP contribution is -2.14. The molecule has 9 heteroatoms. The lowest BCUT2D eigenvalue weighted by Gasteiger charge is -2.19. The molecule has 0 saturated carbocycles. The minimum absolute atomic E-state index is 0.265. The number of imidazole rings is 1. The lowest BCUT2D eigenvalue weighted by atomic mass is 9.88. The molecule has 38 heavy (non-hydrogen) atoms. The Kier molecular flexibility index (Phi) is 6.44. The zero-order valence-corrected chi connectivity index (χ0v) is 21.9. The van der Waals surface area contributed by atoms with Crippen LogP contribution in [0.5, 0.6) is 0 Å². The van der Waals surface area contributed by atoms with E-state index in [0.29, 0.717) is 44.4 Å². The second kappa shape index (κ2) is 9.61. The number of carbonyl (C=O) groups excluding carboxylic acids is 1. The van der Waals surface area contributed by atoms with Gasteiger partial charge in [-0.25, -0.2) is 23.3 Å². The number of pyridine rings is 1. The number of nitrogens with zero attached hydrogens (tertiary/aromatic N) is 4. The molecule has 0 unspecified atom stereocenters. The summed E-state index contributed by atoms with van der Waals surface area (Å²) in [6.07, 6.45) is 1.56. The Bertz CT molecular complexity index is 1690. The van der Waals surface area contributed by atoms with Crippen molar-refractivity contribution in [3.05, 3.63) is 100 Å². The number of aromatic nitrogens is 4. The summed E-state index contributed by atoms with van der Waals surface area (Å²) >= 11 is 6.62.